The lowest BCUT2D eigenvalue weighted by Gasteiger charge is -2.33. The van der Waals surface area contributed by atoms with Crippen LogP contribution in [0.4, 0.5) is 0 Å². The Labute approximate surface area is 154 Å². The van der Waals surface area contributed by atoms with E-state index in [-0.39, 0.29) is 0 Å². The molecule has 0 aromatic heterocycles. The lowest BCUT2D eigenvalue weighted by Crippen LogP contribution is -2.41. The molecule has 0 radical (unpaired) electrons. The number of guanidine groups is 1. The second kappa shape index (κ2) is 12.5. The van der Waals surface area contributed by atoms with Gasteiger partial charge in [0.2, 0.25) is 0 Å². The average molecular weight is 354 g/mol. The minimum absolute atomic E-state index is 0.760. The summed E-state index contributed by atoms with van der Waals surface area (Å²) in [6.07, 6.45) is 6.42. The van der Waals surface area contributed by atoms with Gasteiger partial charge in [0.1, 0.15) is 0 Å². The van der Waals surface area contributed by atoms with Crippen molar-refractivity contribution in [2.24, 2.45) is 4.99 Å². The molecule has 2 fully saturated rings. The van der Waals surface area contributed by atoms with Crippen molar-refractivity contribution in [2.45, 2.75) is 52.0 Å². The number of hydrogen-bond acceptors (Lipinski definition) is 4. The number of rotatable bonds is 9. The van der Waals surface area contributed by atoms with Gasteiger partial charge >= 0.3 is 0 Å². The highest BCUT2D eigenvalue weighted by Crippen LogP contribution is 2.15. The third-order valence-electron chi connectivity index (χ3n) is 5.21. The van der Waals surface area contributed by atoms with E-state index < -0.39 is 0 Å². The second-order valence-corrected chi connectivity index (χ2v) is 7.23. The number of ether oxygens (including phenoxy) is 1. The van der Waals surface area contributed by atoms with Crippen molar-refractivity contribution in [1.82, 2.24) is 20.4 Å². The summed E-state index contributed by atoms with van der Waals surface area (Å²) in [5.41, 5.74) is 0. The van der Waals surface area contributed by atoms with Gasteiger partial charge in [-0.15, -0.1) is 0 Å². The smallest absolute Gasteiger partial charge is 0.191 e. The first kappa shape index (κ1) is 20.5. The van der Waals surface area contributed by atoms with E-state index >= 15 is 0 Å². The highest BCUT2D eigenvalue weighted by molar-refractivity contribution is 5.79. The zero-order valence-corrected chi connectivity index (χ0v) is 16.4. The summed E-state index contributed by atoms with van der Waals surface area (Å²) in [6, 6.07) is 0.760. The molecular formula is C19H39N5O. The molecule has 2 heterocycles. The Balaban J connectivity index is 1.58. The lowest BCUT2D eigenvalue weighted by atomic mass is 10.0. The van der Waals surface area contributed by atoms with Gasteiger partial charge < -0.3 is 20.3 Å². The highest BCUT2D eigenvalue weighted by atomic mass is 16.5. The average Bonchev–Trinajstić information content (AvgIpc) is 2.64. The van der Waals surface area contributed by atoms with Crippen LogP contribution in [0.15, 0.2) is 4.99 Å². The molecule has 0 aromatic rings. The van der Waals surface area contributed by atoms with E-state index in [1.54, 1.807) is 0 Å². The van der Waals surface area contributed by atoms with E-state index in [0.717, 1.165) is 70.9 Å². The molecule has 0 spiro atoms. The summed E-state index contributed by atoms with van der Waals surface area (Å²) in [4.78, 5) is 9.83. The minimum Gasteiger partial charge on any atom is -0.379 e. The predicted octanol–water partition coefficient (Wildman–Crippen LogP) is 1.53. The molecule has 25 heavy (non-hydrogen) atoms. The number of aliphatic imine (C=N–C) groups is 1. The van der Waals surface area contributed by atoms with Crippen LogP contribution in [0.25, 0.3) is 0 Å². The molecule has 2 N–H and O–H groups in total. The quantitative estimate of drug-likeness (QED) is 0.374. The van der Waals surface area contributed by atoms with Crippen LogP contribution in [0.5, 0.6) is 0 Å². The Morgan fingerprint density at radius 2 is 1.92 bits per heavy atom. The van der Waals surface area contributed by atoms with Crippen molar-refractivity contribution in [3.8, 4) is 0 Å². The topological polar surface area (TPSA) is 52.1 Å². The Hall–Kier alpha value is -0.850. The van der Waals surface area contributed by atoms with Crippen molar-refractivity contribution in [1.29, 1.82) is 0 Å². The molecule has 2 rings (SSSR count). The number of piperidine rings is 1. The summed E-state index contributed by atoms with van der Waals surface area (Å²) in [5.74, 6) is 0.969. The molecule has 6 nitrogen and oxygen atoms in total. The molecule has 2 saturated heterocycles. The van der Waals surface area contributed by atoms with Crippen LogP contribution in [0.1, 0.15) is 46.0 Å². The summed E-state index contributed by atoms with van der Waals surface area (Å²) >= 11 is 0. The third-order valence-corrected chi connectivity index (χ3v) is 5.21. The summed E-state index contributed by atoms with van der Waals surface area (Å²) in [7, 11) is 0. The maximum absolute atomic E-state index is 5.39. The van der Waals surface area contributed by atoms with Crippen LogP contribution in [0, 0.1) is 0 Å². The van der Waals surface area contributed by atoms with Gasteiger partial charge in [0.25, 0.3) is 0 Å². The fourth-order valence-electron chi connectivity index (χ4n) is 3.63. The number of likely N-dealkylation sites (tertiary alicyclic amines) is 1. The van der Waals surface area contributed by atoms with Crippen LogP contribution in [0.3, 0.4) is 0 Å². The van der Waals surface area contributed by atoms with Crippen molar-refractivity contribution in [3.63, 3.8) is 0 Å². The second-order valence-electron chi connectivity index (χ2n) is 7.23. The zero-order chi connectivity index (χ0) is 17.7. The fraction of sp³-hybridized carbons (Fsp3) is 0.947. The van der Waals surface area contributed by atoms with E-state index in [2.05, 4.69) is 34.3 Å². The van der Waals surface area contributed by atoms with Gasteiger partial charge in [-0.25, -0.2) is 0 Å². The van der Waals surface area contributed by atoms with Crippen LogP contribution in [-0.2, 0) is 4.74 Å². The monoisotopic (exact) mass is 353 g/mol. The maximum Gasteiger partial charge on any atom is 0.191 e. The Bertz CT molecular complexity index is 371. The molecule has 2 aliphatic rings. The van der Waals surface area contributed by atoms with Crippen LogP contribution in [-0.4, -0.2) is 87.4 Å². The van der Waals surface area contributed by atoms with E-state index in [1.807, 2.05) is 0 Å². The largest absolute Gasteiger partial charge is 0.379 e. The maximum atomic E-state index is 5.39. The van der Waals surface area contributed by atoms with Crippen molar-refractivity contribution >= 4 is 5.96 Å². The normalized spacial score (nSPS) is 23.6. The molecule has 2 aliphatic heterocycles. The van der Waals surface area contributed by atoms with Gasteiger partial charge in [0.15, 0.2) is 5.96 Å². The van der Waals surface area contributed by atoms with Gasteiger partial charge in [-0.3, -0.25) is 9.89 Å². The van der Waals surface area contributed by atoms with E-state index in [0.29, 0.717) is 0 Å². The SMILES string of the molecule is CCNC(=NCCCN1CCOCC1)NCCCN1CCCCC1C. The van der Waals surface area contributed by atoms with Gasteiger partial charge in [0.05, 0.1) is 13.2 Å². The molecule has 0 aliphatic carbocycles. The van der Waals surface area contributed by atoms with Crippen molar-refractivity contribution in [3.05, 3.63) is 0 Å². The highest BCUT2D eigenvalue weighted by Gasteiger charge is 2.17. The third kappa shape index (κ3) is 8.38. The molecule has 1 unspecified atom stereocenters. The van der Waals surface area contributed by atoms with Gasteiger partial charge in [0, 0.05) is 51.9 Å². The van der Waals surface area contributed by atoms with Gasteiger partial charge in [-0.2, -0.15) is 0 Å². The molecule has 146 valence electrons. The van der Waals surface area contributed by atoms with E-state index in [1.165, 1.54) is 38.8 Å². The number of hydrogen-bond donors (Lipinski definition) is 2. The van der Waals surface area contributed by atoms with Gasteiger partial charge in [-0.1, -0.05) is 6.42 Å². The van der Waals surface area contributed by atoms with E-state index in [4.69, 9.17) is 9.73 Å². The lowest BCUT2D eigenvalue weighted by molar-refractivity contribution is 0.0377. The first-order valence-corrected chi connectivity index (χ1v) is 10.4. The molecular weight excluding hydrogens is 314 g/mol. The number of nitrogens with one attached hydrogen (secondary N) is 2. The molecule has 0 saturated carbocycles. The molecule has 6 heteroatoms. The van der Waals surface area contributed by atoms with Gasteiger partial charge in [-0.05, 0) is 46.1 Å². The van der Waals surface area contributed by atoms with E-state index in [9.17, 15) is 0 Å². The van der Waals surface area contributed by atoms with Crippen molar-refractivity contribution < 1.29 is 4.74 Å². The van der Waals surface area contributed by atoms with Crippen LogP contribution >= 0.6 is 0 Å². The Morgan fingerprint density at radius 3 is 2.68 bits per heavy atom. The Kier molecular flexibility index (Phi) is 10.2. The standard InChI is InChI=1S/C19H39N5O/c1-3-20-19(21-9-6-11-23-14-16-25-17-15-23)22-10-7-13-24-12-5-4-8-18(24)2/h18H,3-17H2,1-2H3,(H2,20,21,22). The predicted molar refractivity (Wildman–Crippen MR) is 105 cm³/mol. The number of morpholine rings is 1. The zero-order valence-electron chi connectivity index (χ0n) is 16.4. The Morgan fingerprint density at radius 1 is 1.08 bits per heavy atom. The summed E-state index contributed by atoms with van der Waals surface area (Å²) < 4.78 is 5.39. The summed E-state index contributed by atoms with van der Waals surface area (Å²) in [6.45, 7) is 14.8. The van der Waals surface area contributed by atoms with Crippen LogP contribution < -0.4 is 10.6 Å². The molecule has 1 atom stereocenters. The molecule has 0 bridgehead atoms. The molecule has 0 aromatic carbocycles. The fourth-order valence-corrected chi connectivity index (χ4v) is 3.63. The molecule has 0 amide bonds. The summed E-state index contributed by atoms with van der Waals surface area (Å²) in [5, 5.41) is 6.85. The first-order valence-electron chi connectivity index (χ1n) is 10.4. The van der Waals surface area contributed by atoms with Crippen molar-refractivity contribution in [2.75, 3.05) is 65.6 Å². The number of nitrogens with zero attached hydrogens (tertiary/aromatic N) is 3. The van der Waals surface area contributed by atoms with Crippen LogP contribution in [0.2, 0.25) is 0 Å². The minimum atomic E-state index is 0.760. The first-order chi connectivity index (χ1) is 12.3.